The van der Waals surface area contributed by atoms with Crippen LogP contribution in [0.1, 0.15) is 36.7 Å². The molecule has 1 saturated heterocycles. The molecule has 0 saturated carbocycles. The summed E-state index contributed by atoms with van der Waals surface area (Å²) in [5.41, 5.74) is 4.91. The summed E-state index contributed by atoms with van der Waals surface area (Å²) in [4.78, 5) is 24.4. The zero-order valence-corrected chi connectivity index (χ0v) is 11.4. The van der Waals surface area contributed by atoms with Crippen molar-refractivity contribution < 1.29 is 14.7 Å². The Hall–Kier alpha value is -2.18. The van der Waals surface area contributed by atoms with Crippen LogP contribution >= 0.6 is 0 Å². The number of hydrogen-bond donors (Lipinski definition) is 2. The van der Waals surface area contributed by atoms with Crippen molar-refractivity contribution in [2.75, 3.05) is 18.0 Å². The SMILES string of the molecule is CCC1(C(N)=O)CCCN(c2ccc(C(=O)O)nn2)C1. The van der Waals surface area contributed by atoms with Gasteiger partial charge in [-0.1, -0.05) is 6.92 Å². The fourth-order valence-electron chi connectivity index (χ4n) is 2.60. The third-order valence-corrected chi connectivity index (χ3v) is 3.97. The number of nitrogens with zero attached hydrogens (tertiary/aromatic N) is 3. The molecule has 20 heavy (non-hydrogen) atoms. The fourth-order valence-corrected chi connectivity index (χ4v) is 2.60. The molecule has 1 aliphatic rings. The summed E-state index contributed by atoms with van der Waals surface area (Å²) in [5, 5.41) is 16.4. The molecule has 0 bridgehead atoms. The average Bonchev–Trinajstić information content (AvgIpc) is 2.47. The molecule has 1 aromatic rings. The summed E-state index contributed by atoms with van der Waals surface area (Å²) in [5.74, 6) is -0.823. The van der Waals surface area contributed by atoms with Crippen molar-refractivity contribution in [3.63, 3.8) is 0 Å². The maximum Gasteiger partial charge on any atom is 0.356 e. The molecule has 0 radical (unpaired) electrons. The molecular formula is C13H18N4O3. The van der Waals surface area contributed by atoms with Gasteiger partial charge in [0.2, 0.25) is 5.91 Å². The molecule has 1 aromatic heterocycles. The van der Waals surface area contributed by atoms with E-state index in [1.165, 1.54) is 6.07 Å². The van der Waals surface area contributed by atoms with Gasteiger partial charge in [0, 0.05) is 13.1 Å². The molecule has 2 heterocycles. The van der Waals surface area contributed by atoms with Crippen LogP contribution < -0.4 is 10.6 Å². The van der Waals surface area contributed by atoms with Gasteiger partial charge < -0.3 is 15.7 Å². The van der Waals surface area contributed by atoms with E-state index in [0.717, 1.165) is 19.4 Å². The fraction of sp³-hybridized carbons (Fsp3) is 0.538. The molecule has 7 heteroatoms. The van der Waals surface area contributed by atoms with Crippen molar-refractivity contribution in [1.29, 1.82) is 0 Å². The lowest BCUT2D eigenvalue weighted by Crippen LogP contribution is -2.50. The number of aromatic carboxylic acids is 1. The Morgan fingerprint density at radius 1 is 1.45 bits per heavy atom. The summed E-state index contributed by atoms with van der Waals surface area (Å²) in [7, 11) is 0. The van der Waals surface area contributed by atoms with Crippen LogP contribution in [0.4, 0.5) is 5.82 Å². The molecule has 1 amide bonds. The van der Waals surface area contributed by atoms with Crippen LogP contribution in [-0.4, -0.2) is 40.3 Å². The van der Waals surface area contributed by atoms with Gasteiger partial charge in [0.05, 0.1) is 5.41 Å². The van der Waals surface area contributed by atoms with Gasteiger partial charge in [0.1, 0.15) is 0 Å². The zero-order valence-electron chi connectivity index (χ0n) is 11.4. The van der Waals surface area contributed by atoms with Crippen LogP contribution in [-0.2, 0) is 4.79 Å². The molecule has 0 aliphatic carbocycles. The summed E-state index contributed by atoms with van der Waals surface area (Å²) in [6.07, 6.45) is 2.30. The van der Waals surface area contributed by atoms with Crippen molar-refractivity contribution in [2.45, 2.75) is 26.2 Å². The highest BCUT2D eigenvalue weighted by atomic mass is 16.4. The summed E-state index contributed by atoms with van der Waals surface area (Å²) < 4.78 is 0. The highest BCUT2D eigenvalue weighted by Crippen LogP contribution is 2.34. The predicted octanol–water partition coefficient (Wildman–Crippen LogP) is 0.657. The van der Waals surface area contributed by atoms with Gasteiger partial charge in [-0.05, 0) is 31.4 Å². The maximum absolute atomic E-state index is 11.7. The molecule has 1 unspecified atom stereocenters. The smallest absolute Gasteiger partial charge is 0.356 e. The Balaban J connectivity index is 2.20. The second-order valence-corrected chi connectivity index (χ2v) is 5.11. The quantitative estimate of drug-likeness (QED) is 0.837. The first-order valence-electron chi connectivity index (χ1n) is 6.60. The lowest BCUT2D eigenvalue weighted by Gasteiger charge is -2.40. The number of nitrogens with two attached hydrogens (primary N) is 1. The average molecular weight is 278 g/mol. The van der Waals surface area contributed by atoms with Gasteiger partial charge in [-0.3, -0.25) is 4.79 Å². The van der Waals surface area contributed by atoms with E-state index in [-0.39, 0.29) is 11.6 Å². The van der Waals surface area contributed by atoms with Crippen molar-refractivity contribution >= 4 is 17.7 Å². The Bertz CT molecular complexity index is 517. The number of amides is 1. The minimum absolute atomic E-state index is 0.0950. The van der Waals surface area contributed by atoms with E-state index in [1.807, 2.05) is 11.8 Å². The summed E-state index contributed by atoms with van der Waals surface area (Å²) >= 11 is 0. The lowest BCUT2D eigenvalue weighted by molar-refractivity contribution is -0.128. The third kappa shape index (κ3) is 2.56. The number of carboxylic acid groups (broad SMARTS) is 1. The highest BCUT2D eigenvalue weighted by molar-refractivity contribution is 5.85. The number of anilines is 1. The Kier molecular flexibility index (Phi) is 3.87. The number of piperidine rings is 1. The van der Waals surface area contributed by atoms with Gasteiger partial charge >= 0.3 is 5.97 Å². The molecule has 1 fully saturated rings. The number of carboxylic acids is 1. The number of carbonyl (C=O) groups excluding carboxylic acids is 1. The first-order valence-corrected chi connectivity index (χ1v) is 6.60. The number of hydrogen-bond acceptors (Lipinski definition) is 5. The Labute approximate surface area is 116 Å². The molecular weight excluding hydrogens is 260 g/mol. The van der Waals surface area contributed by atoms with Crippen molar-refractivity contribution in [1.82, 2.24) is 10.2 Å². The van der Waals surface area contributed by atoms with Gasteiger partial charge in [-0.2, -0.15) is 0 Å². The van der Waals surface area contributed by atoms with Crippen molar-refractivity contribution in [3.8, 4) is 0 Å². The lowest BCUT2D eigenvalue weighted by atomic mass is 9.77. The minimum Gasteiger partial charge on any atom is -0.476 e. The van der Waals surface area contributed by atoms with Gasteiger partial charge in [-0.15, -0.1) is 10.2 Å². The molecule has 108 valence electrons. The maximum atomic E-state index is 11.7. The second-order valence-electron chi connectivity index (χ2n) is 5.11. The van der Waals surface area contributed by atoms with Crippen LogP contribution in [0.2, 0.25) is 0 Å². The second kappa shape index (κ2) is 5.44. The molecule has 0 spiro atoms. The molecule has 1 aliphatic heterocycles. The van der Waals surface area contributed by atoms with Crippen LogP contribution in [0, 0.1) is 5.41 Å². The number of rotatable bonds is 4. The molecule has 2 rings (SSSR count). The molecule has 7 nitrogen and oxygen atoms in total. The van der Waals surface area contributed by atoms with Crippen molar-refractivity contribution in [3.05, 3.63) is 17.8 Å². The van der Waals surface area contributed by atoms with Crippen LogP contribution in [0.3, 0.4) is 0 Å². The predicted molar refractivity (Wildman–Crippen MR) is 72.4 cm³/mol. The van der Waals surface area contributed by atoms with Crippen LogP contribution in [0.5, 0.6) is 0 Å². The summed E-state index contributed by atoms with van der Waals surface area (Å²) in [6, 6.07) is 3.03. The van der Waals surface area contributed by atoms with Crippen LogP contribution in [0.15, 0.2) is 12.1 Å². The highest BCUT2D eigenvalue weighted by Gasteiger charge is 2.39. The van der Waals surface area contributed by atoms with E-state index in [4.69, 9.17) is 10.8 Å². The van der Waals surface area contributed by atoms with E-state index >= 15 is 0 Å². The van der Waals surface area contributed by atoms with Gasteiger partial charge in [0.15, 0.2) is 11.5 Å². The van der Waals surface area contributed by atoms with Gasteiger partial charge in [-0.25, -0.2) is 4.79 Å². The van der Waals surface area contributed by atoms with E-state index < -0.39 is 11.4 Å². The Morgan fingerprint density at radius 2 is 2.20 bits per heavy atom. The molecule has 3 N–H and O–H groups in total. The topological polar surface area (TPSA) is 109 Å². The molecule has 1 atom stereocenters. The Morgan fingerprint density at radius 3 is 2.70 bits per heavy atom. The minimum atomic E-state index is -1.11. The van der Waals surface area contributed by atoms with E-state index in [2.05, 4.69) is 10.2 Å². The van der Waals surface area contributed by atoms with E-state index in [1.54, 1.807) is 6.07 Å². The third-order valence-electron chi connectivity index (χ3n) is 3.97. The first kappa shape index (κ1) is 14.2. The normalized spacial score (nSPS) is 22.6. The largest absolute Gasteiger partial charge is 0.476 e. The van der Waals surface area contributed by atoms with E-state index in [0.29, 0.717) is 18.8 Å². The monoisotopic (exact) mass is 278 g/mol. The number of primary amides is 1. The standard InChI is InChI=1S/C13H18N4O3/c1-2-13(12(14)20)6-3-7-17(8-13)10-5-4-9(11(18)19)15-16-10/h4-5H,2-3,6-8H2,1H3,(H2,14,20)(H,18,19). The van der Waals surface area contributed by atoms with E-state index in [9.17, 15) is 9.59 Å². The molecule has 0 aromatic carbocycles. The number of carbonyl (C=O) groups is 2. The first-order chi connectivity index (χ1) is 9.48. The van der Waals surface area contributed by atoms with Crippen LogP contribution in [0.25, 0.3) is 0 Å². The number of aromatic nitrogens is 2. The van der Waals surface area contributed by atoms with Gasteiger partial charge in [0.25, 0.3) is 0 Å². The zero-order chi connectivity index (χ0) is 14.8. The van der Waals surface area contributed by atoms with Crippen molar-refractivity contribution in [2.24, 2.45) is 11.1 Å². The summed E-state index contributed by atoms with van der Waals surface area (Å²) in [6.45, 7) is 3.21.